The van der Waals surface area contributed by atoms with Crippen LogP contribution in [0.4, 0.5) is 14.5 Å². The van der Waals surface area contributed by atoms with Crippen LogP contribution in [0.2, 0.25) is 0 Å². The van der Waals surface area contributed by atoms with E-state index in [2.05, 4.69) is 44.2 Å². The van der Waals surface area contributed by atoms with Gasteiger partial charge in [0.2, 0.25) is 0 Å². The summed E-state index contributed by atoms with van der Waals surface area (Å²) in [6, 6.07) is 11.5. The number of phenols is 1. The molecule has 0 spiro atoms. The molecule has 0 aliphatic carbocycles. The fourth-order valence-electron chi connectivity index (χ4n) is 3.97. The van der Waals surface area contributed by atoms with E-state index in [9.17, 15) is 13.9 Å². The molecule has 1 saturated heterocycles. The highest BCUT2D eigenvalue weighted by Gasteiger charge is 2.18. The lowest BCUT2D eigenvalue weighted by Crippen LogP contribution is -2.44. The second-order valence-electron chi connectivity index (χ2n) is 7.81. The third-order valence-electron chi connectivity index (χ3n) is 5.74. The molecule has 0 atom stereocenters. The molecule has 0 amide bonds. The molecule has 2 aromatic heterocycles. The number of hydrogen-bond acceptors (Lipinski definition) is 5. The number of nitrogens with one attached hydrogen (secondary N) is 1. The van der Waals surface area contributed by atoms with E-state index in [4.69, 9.17) is 0 Å². The second kappa shape index (κ2) is 7.63. The molecule has 0 unspecified atom stereocenters. The number of nitrogens with zero attached hydrogens (tertiary/aromatic N) is 4. The van der Waals surface area contributed by atoms with Gasteiger partial charge in [-0.05, 0) is 25.2 Å². The van der Waals surface area contributed by atoms with Crippen LogP contribution in [-0.4, -0.2) is 58.4 Å². The second-order valence-corrected chi connectivity index (χ2v) is 7.81. The van der Waals surface area contributed by atoms with E-state index in [1.165, 1.54) is 6.20 Å². The van der Waals surface area contributed by atoms with Crippen molar-refractivity contribution in [2.45, 2.75) is 0 Å². The molecule has 5 rings (SSSR count). The number of aromatic nitrogens is 3. The number of benzene rings is 2. The number of hydrogen-bond donors (Lipinski definition) is 2. The maximum Gasteiger partial charge on any atom is 0.139 e. The van der Waals surface area contributed by atoms with Crippen molar-refractivity contribution in [1.29, 1.82) is 0 Å². The average Bonchev–Trinajstić information content (AvgIpc) is 3.17. The van der Waals surface area contributed by atoms with E-state index < -0.39 is 17.4 Å². The Labute approximate surface area is 177 Å². The first-order valence-electron chi connectivity index (χ1n) is 10.1. The van der Waals surface area contributed by atoms with Crippen LogP contribution < -0.4 is 4.90 Å². The summed E-state index contributed by atoms with van der Waals surface area (Å²) >= 11 is 0. The minimum Gasteiger partial charge on any atom is -0.508 e. The van der Waals surface area contributed by atoms with Gasteiger partial charge in [-0.1, -0.05) is 12.1 Å². The number of likely N-dealkylation sites (N-methyl/N-ethyl adjacent to an activating group) is 1. The Morgan fingerprint density at radius 1 is 0.968 bits per heavy atom. The number of aromatic hydroxyl groups is 1. The van der Waals surface area contributed by atoms with Crippen LogP contribution in [0.25, 0.3) is 33.4 Å². The summed E-state index contributed by atoms with van der Waals surface area (Å²) in [6.07, 6.45) is 1.51. The standard InChI is InChI=1S/C23H21F2N5O/c1-29-6-8-30(9-7-29)15-4-2-14(3-5-15)23-17-12-20(26-13-21(17)27-28-23)22-18(24)10-16(31)11-19(22)25/h2-5,10-13,31H,6-9H2,1H3,(H,27,28). The van der Waals surface area contributed by atoms with Crippen molar-refractivity contribution in [3.63, 3.8) is 0 Å². The van der Waals surface area contributed by atoms with Crippen LogP contribution in [0.15, 0.2) is 48.7 Å². The molecular weight excluding hydrogens is 400 g/mol. The van der Waals surface area contributed by atoms with Crippen molar-refractivity contribution in [2.24, 2.45) is 0 Å². The van der Waals surface area contributed by atoms with Gasteiger partial charge >= 0.3 is 0 Å². The minimum atomic E-state index is -0.870. The largest absolute Gasteiger partial charge is 0.508 e. The Morgan fingerprint density at radius 3 is 2.32 bits per heavy atom. The van der Waals surface area contributed by atoms with Gasteiger partial charge in [-0.25, -0.2) is 8.78 Å². The third-order valence-corrected chi connectivity index (χ3v) is 5.74. The fraction of sp³-hybridized carbons (Fsp3) is 0.217. The van der Waals surface area contributed by atoms with Gasteiger partial charge in [-0.15, -0.1) is 0 Å². The quantitative estimate of drug-likeness (QED) is 0.523. The Morgan fingerprint density at radius 2 is 1.65 bits per heavy atom. The summed E-state index contributed by atoms with van der Waals surface area (Å²) in [4.78, 5) is 8.84. The van der Waals surface area contributed by atoms with Gasteiger partial charge < -0.3 is 14.9 Å². The molecule has 158 valence electrons. The lowest BCUT2D eigenvalue weighted by molar-refractivity contribution is 0.313. The minimum absolute atomic E-state index is 0.138. The highest BCUT2D eigenvalue weighted by molar-refractivity contribution is 5.94. The van der Waals surface area contributed by atoms with E-state index in [1.807, 2.05) is 12.1 Å². The Kier molecular flexibility index (Phi) is 4.78. The number of rotatable bonds is 3. The normalized spacial score (nSPS) is 15.0. The van der Waals surface area contributed by atoms with Crippen LogP contribution >= 0.6 is 0 Å². The number of fused-ring (bicyclic) bond motifs is 1. The van der Waals surface area contributed by atoms with Crippen molar-refractivity contribution in [3.8, 4) is 28.3 Å². The number of pyridine rings is 1. The van der Waals surface area contributed by atoms with Gasteiger partial charge in [-0.2, -0.15) is 5.10 Å². The summed E-state index contributed by atoms with van der Waals surface area (Å²) in [7, 11) is 2.13. The molecule has 3 heterocycles. The predicted molar refractivity (Wildman–Crippen MR) is 116 cm³/mol. The van der Waals surface area contributed by atoms with Crippen LogP contribution in [0.1, 0.15) is 0 Å². The van der Waals surface area contributed by atoms with E-state index >= 15 is 0 Å². The van der Waals surface area contributed by atoms with Crippen molar-refractivity contribution in [3.05, 3.63) is 60.3 Å². The summed E-state index contributed by atoms with van der Waals surface area (Å²) in [6.45, 7) is 4.04. The topological polar surface area (TPSA) is 68.3 Å². The van der Waals surface area contributed by atoms with Gasteiger partial charge in [0, 0.05) is 54.9 Å². The molecule has 0 bridgehead atoms. The molecule has 1 fully saturated rings. The fourth-order valence-corrected chi connectivity index (χ4v) is 3.97. The first kappa shape index (κ1) is 19.4. The molecule has 31 heavy (non-hydrogen) atoms. The maximum atomic E-state index is 14.3. The van der Waals surface area contributed by atoms with Gasteiger partial charge in [0.25, 0.3) is 0 Å². The number of halogens is 2. The number of aromatic amines is 1. The summed E-state index contributed by atoms with van der Waals surface area (Å²) in [5.74, 6) is -2.21. The zero-order chi connectivity index (χ0) is 21.5. The number of H-pyrrole nitrogens is 1. The smallest absolute Gasteiger partial charge is 0.139 e. The van der Waals surface area contributed by atoms with Crippen LogP contribution in [-0.2, 0) is 0 Å². The Balaban J connectivity index is 1.51. The summed E-state index contributed by atoms with van der Waals surface area (Å²) < 4.78 is 28.6. The van der Waals surface area contributed by atoms with Crippen LogP contribution in [0.5, 0.6) is 5.75 Å². The molecule has 1 aliphatic rings. The van der Waals surface area contributed by atoms with Gasteiger partial charge in [-0.3, -0.25) is 10.1 Å². The van der Waals surface area contributed by atoms with Gasteiger partial charge in [0.05, 0.1) is 23.0 Å². The summed E-state index contributed by atoms with van der Waals surface area (Å²) in [5.41, 5.74) is 3.27. The summed E-state index contributed by atoms with van der Waals surface area (Å²) in [5, 5.41) is 17.4. The number of anilines is 1. The number of phenolic OH excluding ortho intramolecular Hbond substituents is 1. The average molecular weight is 421 g/mol. The molecule has 1 aliphatic heterocycles. The van der Waals surface area contributed by atoms with Crippen molar-refractivity contribution in [2.75, 3.05) is 38.1 Å². The monoisotopic (exact) mass is 421 g/mol. The lowest BCUT2D eigenvalue weighted by atomic mass is 10.0. The molecule has 2 N–H and O–H groups in total. The molecule has 0 saturated carbocycles. The third kappa shape index (κ3) is 3.59. The number of piperazine rings is 1. The van der Waals surface area contributed by atoms with Crippen molar-refractivity contribution < 1.29 is 13.9 Å². The van der Waals surface area contributed by atoms with E-state index in [-0.39, 0.29) is 11.3 Å². The van der Waals surface area contributed by atoms with E-state index in [0.29, 0.717) is 16.6 Å². The molecule has 2 aromatic carbocycles. The highest BCUT2D eigenvalue weighted by Crippen LogP contribution is 2.33. The zero-order valence-corrected chi connectivity index (χ0v) is 16.9. The molecule has 0 radical (unpaired) electrons. The van der Waals surface area contributed by atoms with Crippen molar-refractivity contribution in [1.82, 2.24) is 20.1 Å². The van der Waals surface area contributed by atoms with Gasteiger partial charge in [0.1, 0.15) is 23.1 Å². The Bertz CT molecular complexity index is 1220. The van der Waals surface area contributed by atoms with Crippen LogP contribution in [0, 0.1) is 11.6 Å². The lowest BCUT2D eigenvalue weighted by Gasteiger charge is -2.34. The predicted octanol–water partition coefficient (Wildman–Crippen LogP) is 4.03. The Hall–Kier alpha value is -3.52. The molecule has 6 nitrogen and oxygen atoms in total. The first-order valence-corrected chi connectivity index (χ1v) is 10.1. The van der Waals surface area contributed by atoms with Crippen LogP contribution in [0.3, 0.4) is 0 Å². The van der Waals surface area contributed by atoms with Gasteiger partial charge in [0.15, 0.2) is 0 Å². The first-order chi connectivity index (χ1) is 15.0. The SMILES string of the molecule is CN1CCN(c2ccc(-c3n[nH]c4cnc(-c5c(F)cc(O)cc5F)cc34)cc2)CC1. The van der Waals surface area contributed by atoms with E-state index in [1.54, 1.807) is 6.07 Å². The zero-order valence-electron chi connectivity index (χ0n) is 16.9. The highest BCUT2D eigenvalue weighted by atomic mass is 19.1. The van der Waals surface area contributed by atoms with E-state index in [0.717, 1.165) is 49.6 Å². The van der Waals surface area contributed by atoms with Crippen molar-refractivity contribution >= 4 is 16.6 Å². The molecular formula is C23H21F2N5O. The maximum absolute atomic E-state index is 14.3. The molecule has 8 heteroatoms. The molecule has 4 aromatic rings.